The van der Waals surface area contributed by atoms with E-state index in [2.05, 4.69) is 32.3 Å². The Hall–Kier alpha value is -1.22. The van der Waals surface area contributed by atoms with Crippen molar-refractivity contribution >= 4 is 0 Å². The molecule has 0 radical (unpaired) electrons. The molecule has 0 spiro atoms. The molecule has 80 valence electrons. The summed E-state index contributed by atoms with van der Waals surface area (Å²) >= 11 is 0. The highest BCUT2D eigenvalue weighted by Crippen LogP contribution is 1.87. The van der Waals surface area contributed by atoms with Gasteiger partial charge in [0.25, 0.3) is 0 Å². The van der Waals surface area contributed by atoms with Crippen LogP contribution in [0.15, 0.2) is 36.5 Å². The van der Waals surface area contributed by atoms with Gasteiger partial charge in [0.05, 0.1) is 0 Å². The molecule has 0 saturated carbocycles. The minimum atomic E-state index is 1.31. The first-order valence-corrected chi connectivity index (χ1v) is 4.95. The Morgan fingerprint density at radius 2 is 1.43 bits per heavy atom. The van der Waals surface area contributed by atoms with Crippen molar-refractivity contribution in [3.8, 4) is 11.8 Å². The smallest absolute Gasteiger partial charge is 0.00271 e. The van der Waals surface area contributed by atoms with Crippen molar-refractivity contribution in [2.24, 2.45) is 0 Å². The summed E-state index contributed by atoms with van der Waals surface area (Å²) in [5.74, 6) is 5.36. The van der Waals surface area contributed by atoms with Crippen LogP contribution in [0.25, 0.3) is 0 Å². The lowest BCUT2D eigenvalue weighted by Crippen LogP contribution is -1.56. The SMILES string of the molecule is C=C/C=C\C=C(C)C.CC.CC#CC. The quantitative estimate of drug-likeness (QED) is 0.437. The number of hydrogen-bond donors (Lipinski definition) is 0. The van der Waals surface area contributed by atoms with Gasteiger partial charge in [0.2, 0.25) is 0 Å². The highest BCUT2D eigenvalue weighted by Gasteiger charge is 1.66. The number of hydrogen-bond acceptors (Lipinski definition) is 0. The van der Waals surface area contributed by atoms with Crippen LogP contribution in [-0.2, 0) is 0 Å². The van der Waals surface area contributed by atoms with Gasteiger partial charge >= 0.3 is 0 Å². The topological polar surface area (TPSA) is 0 Å². The zero-order chi connectivity index (χ0) is 11.8. The number of rotatable bonds is 2. The molecule has 0 aromatic rings. The van der Waals surface area contributed by atoms with E-state index in [1.807, 2.05) is 45.9 Å². The van der Waals surface area contributed by atoms with Crippen molar-refractivity contribution in [2.45, 2.75) is 41.5 Å². The standard InChI is InChI=1S/C8H12.C4H6.C2H6/c1-4-5-6-7-8(2)3;1-3-4-2;1-2/h4-7H,1H2,2-3H3;1-2H3;1-2H3/b6-5-;;. The summed E-state index contributed by atoms with van der Waals surface area (Å²) < 4.78 is 0. The molecule has 0 nitrogen and oxygen atoms in total. The second kappa shape index (κ2) is 22.6. The molecule has 0 aliphatic carbocycles. The van der Waals surface area contributed by atoms with Gasteiger partial charge in [-0.15, -0.1) is 11.8 Å². The van der Waals surface area contributed by atoms with Gasteiger partial charge in [0, 0.05) is 0 Å². The summed E-state index contributed by atoms with van der Waals surface area (Å²) in [7, 11) is 0. The van der Waals surface area contributed by atoms with Gasteiger partial charge in [-0.05, 0) is 27.7 Å². The van der Waals surface area contributed by atoms with Crippen molar-refractivity contribution in [2.75, 3.05) is 0 Å². The minimum Gasteiger partial charge on any atom is -0.107 e. The summed E-state index contributed by atoms with van der Waals surface area (Å²) in [4.78, 5) is 0. The summed E-state index contributed by atoms with van der Waals surface area (Å²) in [6, 6.07) is 0. The van der Waals surface area contributed by atoms with Gasteiger partial charge in [0.1, 0.15) is 0 Å². The average Bonchev–Trinajstić information content (AvgIpc) is 2.21. The monoisotopic (exact) mass is 192 g/mol. The van der Waals surface area contributed by atoms with Gasteiger partial charge in [-0.25, -0.2) is 0 Å². The minimum absolute atomic E-state index is 1.31. The summed E-state index contributed by atoms with van der Waals surface area (Å²) in [6.45, 7) is 15.3. The first-order valence-electron chi connectivity index (χ1n) is 4.95. The molecule has 14 heavy (non-hydrogen) atoms. The Labute approximate surface area is 90.4 Å². The van der Waals surface area contributed by atoms with Crippen LogP contribution in [0.3, 0.4) is 0 Å². The zero-order valence-corrected chi connectivity index (χ0v) is 10.5. The Kier molecular flexibility index (Phi) is 30.0. The maximum Gasteiger partial charge on any atom is -0.00271 e. The molecule has 0 aromatic heterocycles. The highest BCUT2D eigenvalue weighted by atomic mass is 13.7. The molecule has 0 atom stereocenters. The molecule has 0 heteroatoms. The summed E-state index contributed by atoms with van der Waals surface area (Å²) in [5, 5.41) is 0. The molecule has 0 N–H and O–H groups in total. The van der Waals surface area contributed by atoms with Crippen LogP contribution < -0.4 is 0 Å². The van der Waals surface area contributed by atoms with E-state index in [4.69, 9.17) is 0 Å². The molecule has 0 saturated heterocycles. The Morgan fingerprint density at radius 3 is 1.64 bits per heavy atom. The Morgan fingerprint density at radius 1 is 1.00 bits per heavy atom. The van der Waals surface area contributed by atoms with Crippen LogP contribution in [0.4, 0.5) is 0 Å². The van der Waals surface area contributed by atoms with E-state index in [0.29, 0.717) is 0 Å². The van der Waals surface area contributed by atoms with E-state index < -0.39 is 0 Å². The second-order valence-corrected chi connectivity index (χ2v) is 2.36. The van der Waals surface area contributed by atoms with E-state index in [1.165, 1.54) is 5.57 Å². The second-order valence-electron chi connectivity index (χ2n) is 2.36. The predicted molar refractivity (Wildman–Crippen MR) is 69.2 cm³/mol. The van der Waals surface area contributed by atoms with Gasteiger partial charge in [0.15, 0.2) is 0 Å². The van der Waals surface area contributed by atoms with Crippen LogP contribution in [0.2, 0.25) is 0 Å². The molecular formula is C14H24. The van der Waals surface area contributed by atoms with Crippen molar-refractivity contribution in [3.05, 3.63) is 36.5 Å². The van der Waals surface area contributed by atoms with Crippen molar-refractivity contribution in [1.29, 1.82) is 0 Å². The van der Waals surface area contributed by atoms with Gasteiger partial charge < -0.3 is 0 Å². The van der Waals surface area contributed by atoms with E-state index in [-0.39, 0.29) is 0 Å². The molecule has 0 fully saturated rings. The Balaban J connectivity index is -0.000000170. The molecule has 0 amide bonds. The van der Waals surface area contributed by atoms with Crippen LogP contribution in [0.5, 0.6) is 0 Å². The summed E-state index contributed by atoms with van der Waals surface area (Å²) in [5.41, 5.74) is 1.31. The lowest BCUT2D eigenvalue weighted by Gasteiger charge is -1.78. The van der Waals surface area contributed by atoms with E-state index in [1.54, 1.807) is 6.08 Å². The van der Waals surface area contributed by atoms with E-state index >= 15 is 0 Å². The van der Waals surface area contributed by atoms with E-state index in [0.717, 1.165) is 0 Å². The van der Waals surface area contributed by atoms with Crippen LogP contribution >= 0.6 is 0 Å². The maximum absolute atomic E-state index is 3.54. The van der Waals surface area contributed by atoms with E-state index in [9.17, 15) is 0 Å². The molecule has 0 heterocycles. The fourth-order valence-electron chi connectivity index (χ4n) is 0.327. The van der Waals surface area contributed by atoms with Crippen LogP contribution in [0.1, 0.15) is 41.5 Å². The molecular weight excluding hydrogens is 168 g/mol. The third-order valence-electron chi connectivity index (χ3n) is 0.927. The lowest BCUT2D eigenvalue weighted by molar-refractivity contribution is 1.39. The van der Waals surface area contributed by atoms with Crippen LogP contribution in [-0.4, -0.2) is 0 Å². The fourth-order valence-corrected chi connectivity index (χ4v) is 0.327. The third kappa shape index (κ3) is 45.1. The third-order valence-corrected chi connectivity index (χ3v) is 0.927. The fraction of sp³-hybridized carbons (Fsp3) is 0.429. The zero-order valence-electron chi connectivity index (χ0n) is 10.5. The maximum atomic E-state index is 3.54. The first kappa shape index (κ1) is 18.5. The van der Waals surface area contributed by atoms with Crippen LogP contribution in [0, 0.1) is 11.8 Å². The highest BCUT2D eigenvalue weighted by molar-refractivity contribution is 5.12. The van der Waals surface area contributed by atoms with Crippen molar-refractivity contribution < 1.29 is 0 Å². The molecule has 0 bridgehead atoms. The normalized spacial score (nSPS) is 6.71. The molecule has 0 unspecified atom stereocenters. The van der Waals surface area contributed by atoms with Gasteiger partial charge in [-0.2, -0.15) is 0 Å². The van der Waals surface area contributed by atoms with Gasteiger partial charge in [-0.1, -0.05) is 50.3 Å². The van der Waals surface area contributed by atoms with Gasteiger partial charge in [-0.3, -0.25) is 0 Å². The number of allylic oxidation sites excluding steroid dienone is 5. The molecule has 0 rings (SSSR count). The first-order chi connectivity index (χ1) is 6.68. The largest absolute Gasteiger partial charge is 0.107 e. The Bertz CT molecular complexity index is 196. The lowest BCUT2D eigenvalue weighted by atomic mass is 10.3. The molecule has 0 aliphatic rings. The molecule has 0 aromatic carbocycles. The predicted octanol–water partition coefficient (Wildman–Crippen LogP) is 4.75. The summed E-state index contributed by atoms with van der Waals surface area (Å²) in [6.07, 6.45) is 7.69. The molecule has 0 aliphatic heterocycles. The van der Waals surface area contributed by atoms with Crippen molar-refractivity contribution in [3.63, 3.8) is 0 Å². The van der Waals surface area contributed by atoms with Crippen molar-refractivity contribution in [1.82, 2.24) is 0 Å². The average molecular weight is 192 g/mol.